The topological polar surface area (TPSA) is 147 Å². The average molecular weight is 502 g/mol. The average Bonchev–Trinajstić information content (AvgIpc) is 3.46. The number of thioether (sulfide) groups is 1. The van der Waals surface area contributed by atoms with E-state index in [0.29, 0.717) is 12.8 Å². The Morgan fingerprint density at radius 2 is 1.97 bits per heavy atom. The fourth-order valence-corrected chi connectivity index (χ4v) is 6.85. The Labute approximate surface area is 203 Å². The molecule has 1 aromatic heterocycles. The standard InChI is InChI=1S/C22H23N5O5S2/c1-22(2)16(20(30)31)27-18(29)15(19(27)34-22)25-17(28)14(13-9-33-21(23)24-13)26-32-12-7-10-5-3-4-6-11(10)8-12/h3-6,9,12,15-16,19H,7-8H2,1-2H3,(H2,23,24)(H,25,28)(H,30,31)/t15-,16+,19-/m1/s1. The lowest BCUT2D eigenvalue weighted by atomic mass is 9.96. The zero-order chi connectivity index (χ0) is 24.2. The Morgan fingerprint density at radius 1 is 1.29 bits per heavy atom. The van der Waals surface area contributed by atoms with Gasteiger partial charge in [0.05, 0.1) is 0 Å². The molecule has 178 valence electrons. The van der Waals surface area contributed by atoms with Gasteiger partial charge in [-0.15, -0.1) is 23.1 Å². The highest BCUT2D eigenvalue weighted by molar-refractivity contribution is 8.01. The molecule has 0 unspecified atom stereocenters. The van der Waals surface area contributed by atoms with E-state index in [1.807, 2.05) is 24.3 Å². The fourth-order valence-electron chi connectivity index (χ4n) is 4.68. The fraction of sp³-hybridized carbons (Fsp3) is 0.409. The number of β-lactam (4-membered cyclic amide) rings is 1. The molecule has 0 saturated carbocycles. The molecule has 1 aliphatic carbocycles. The van der Waals surface area contributed by atoms with Crippen molar-refractivity contribution in [3.05, 3.63) is 46.5 Å². The summed E-state index contributed by atoms with van der Waals surface area (Å²) in [6, 6.07) is 6.20. The monoisotopic (exact) mass is 501 g/mol. The molecule has 2 aliphatic heterocycles. The third-order valence-corrected chi connectivity index (χ3v) is 8.49. The van der Waals surface area contributed by atoms with Gasteiger partial charge in [0.2, 0.25) is 5.91 Å². The van der Waals surface area contributed by atoms with Gasteiger partial charge in [-0.25, -0.2) is 9.78 Å². The van der Waals surface area contributed by atoms with Crippen molar-refractivity contribution in [2.45, 2.75) is 55.0 Å². The van der Waals surface area contributed by atoms with Gasteiger partial charge in [0.25, 0.3) is 5.91 Å². The third kappa shape index (κ3) is 3.80. The molecule has 2 aromatic rings. The van der Waals surface area contributed by atoms with Crippen molar-refractivity contribution in [2.24, 2.45) is 5.16 Å². The Kier molecular flexibility index (Phi) is 5.52. The van der Waals surface area contributed by atoms with Crippen molar-refractivity contribution in [1.82, 2.24) is 15.2 Å². The van der Waals surface area contributed by atoms with Gasteiger partial charge < -0.3 is 25.9 Å². The summed E-state index contributed by atoms with van der Waals surface area (Å²) in [5.74, 6) is -2.13. The first kappa shape index (κ1) is 22.7. The quantitative estimate of drug-likeness (QED) is 0.304. The van der Waals surface area contributed by atoms with Crippen LogP contribution < -0.4 is 11.1 Å². The van der Waals surface area contributed by atoms with E-state index in [1.165, 1.54) is 27.8 Å². The van der Waals surface area contributed by atoms with Crippen LogP contribution in [0.2, 0.25) is 0 Å². The first-order valence-electron chi connectivity index (χ1n) is 10.7. The van der Waals surface area contributed by atoms with Gasteiger partial charge >= 0.3 is 5.97 Å². The largest absolute Gasteiger partial charge is 0.480 e. The summed E-state index contributed by atoms with van der Waals surface area (Å²) in [5.41, 5.74) is 8.29. The van der Waals surface area contributed by atoms with Crippen LogP contribution in [-0.4, -0.2) is 66.8 Å². The van der Waals surface area contributed by atoms with Gasteiger partial charge in [-0.2, -0.15) is 0 Å². The summed E-state index contributed by atoms with van der Waals surface area (Å²) in [6.07, 6.45) is 1.13. The van der Waals surface area contributed by atoms with Gasteiger partial charge in [0.1, 0.15) is 29.3 Å². The van der Waals surface area contributed by atoms with Crippen molar-refractivity contribution in [3.63, 3.8) is 0 Å². The molecule has 2 amide bonds. The zero-order valence-electron chi connectivity index (χ0n) is 18.4. The number of nitrogens with one attached hydrogen (secondary N) is 1. The number of carboxylic acids is 1. The lowest BCUT2D eigenvalue weighted by molar-refractivity contribution is -0.160. The number of aliphatic carboxylic acids is 1. The van der Waals surface area contributed by atoms with E-state index >= 15 is 0 Å². The molecule has 34 heavy (non-hydrogen) atoms. The van der Waals surface area contributed by atoms with Crippen molar-refractivity contribution in [2.75, 3.05) is 5.73 Å². The van der Waals surface area contributed by atoms with E-state index in [0.717, 1.165) is 11.3 Å². The highest BCUT2D eigenvalue weighted by atomic mass is 32.2. The lowest BCUT2D eigenvalue weighted by Crippen LogP contribution is -2.71. The Bertz CT molecular complexity index is 1190. The highest BCUT2D eigenvalue weighted by Crippen LogP contribution is 2.50. The number of anilines is 1. The Hall–Kier alpha value is -3.12. The number of nitrogens with two attached hydrogens (primary N) is 1. The van der Waals surface area contributed by atoms with Crippen molar-refractivity contribution in [3.8, 4) is 0 Å². The number of carbonyl (C=O) groups is 3. The molecule has 3 heterocycles. The number of nitrogens with zero attached hydrogens (tertiary/aromatic N) is 3. The molecule has 2 saturated heterocycles. The minimum Gasteiger partial charge on any atom is -0.480 e. The Morgan fingerprint density at radius 3 is 2.56 bits per heavy atom. The number of rotatable bonds is 6. The molecular formula is C22H23N5O5S2. The number of hydrogen-bond donors (Lipinski definition) is 3. The molecule has 3 aliphatic rings. The molecule has 12 heteroatoms. The normalized spacial score (nSPS) is 25.5. The molecule has 2 fully saturated rings. The SMILES string of the molecule is CC1(C)S[C@@H]2[C@H](NC(=O)C(=NOC3Cc4ccccc4C3)c3csc(N)n3)C(=O)N2[C@H]1C(=O)O. The maximum Gasteiger partial charge on any atom is 0.327 e. The molecule has 3 atom stereocenters. The molecule has 4 N–H and O–H groups in total. The number of carboxylic acid groups (broad SMARTS) is 1. The second-order valence-corrected chi connectivity index (χ2v) is 11.6. The van der Waals surface area contributed by atoms with E-state index in [4.69, 9.17) is 10.6 Å². The molecule has 5 rings (SSSR count). The highest BCUT2D eigenvalue weighted by Gasteiger charge is 2.64. The molecule has 0 bridgehead atoms. The van der Waals surface area contributed by atoms with Crippen LogP contribution in [0.25, 0.3) is 0 Å². The van der Waals surface area contributed by atoms with E-state index in [9.17, 15) is 19.5 Å². The van der Waals surface area contributed by atoms with Crippen LogP contribution in [0.1, 0.15) is 30.7 Å². The number of fused-ring (bicyclic) bond motifs is 2. The number of nitrogen functional groups attached to an aromatic ring is 1. The number of carbonyl (C=O) groups excluding carboxylic acids is 2. The number of oxime groups is 1. The van der Waals surface area contributed by atoms with Gasteiger partial charge in [-0.1, -0.05) is 29.4 Å². The summed E-state index contributed by atoms with van der Waals surface area (Å²) in [4.78, 5) is 48.9. The van der Waals surface area contributed by atoms with Crippen molar-refractivity contribution in [1.29, 1.82) is 0 Å². The predicted molar refractivity (Wildman–Crippen MR) is 127 cm³/mol. The van der Waals surface area contributed by atoms with E-state index in [1.54, 1.807) is 19.2 Å². The minimum atomic E-state index is -1.07. The summed E-state index contributed by atoms with van der Waals surface area (Å²) in [5, 5.41) is 17.8. The number of hydrogen-bond acceptors (Lipinski definition) is 9. The molecular weight excluding hydrogens is 478 g/mol. The zero-order valence-corrected chi connectivity index (χ0v) is 20.1. The molecule has 0 radical (unpaired) electrons. The number of benzene rings is 1. The number of amides is 2. The maximum absolute atomic E-state index is 13.2. The van der Waals surface area contributed by atoms with Crippen LogP contribution in [0, 0.1) is 0 Å². The van der Waals surface area contributed by atoms with E-state index in [2.05, 4.69) is 15.5 Å². The first-order chi connectivity index (χ1) is 16.2. The van der Waals surface area contributed by atoms with E-state index < -0.39 is 40.0 Å². The van der Waals surface area contributed by atoms with Crippen LogP contribution in [0.15, 0.2) is 34.8 Å². The van der Waals surface area contributed by atoms with Gasteiger partial charge in [0.15, 0.2) is 10.8 Å². The van der Waals surface area contributed by atoms with E-state index in [-0.39, 0.29) is 22.6 Å². The minimum absolute atomic E-state index is 0.0767. The van der Waals surface area contributed by atoms with Crippen molar-refractivity contribution < 1.29 is 24.3 Å². The van der Waals surface area contributed by atoms with Gasteiger partial charge in [-0.05, 0) is 25.0 Å². The first-order valence-corrected chi connectivity index (χ1v) is 12.5. The molecule has 10 nitrogen and oxygen atoms in total. The predicted octanol–water partition coefficient (Wildman–Crippen LogP) is 1.25. The summed E-state index contributed by atoms with van der Waals surface area (Å²) in [7, 11) is 0. The Balaban J connectivity index is 1.33. The smallest absolute Gasteiger partial charge is 0.327 e. The van der Waals surface area contributed by atoms with Crippen LogP contribution in [0.3, 0.4) is 0 Å². The van der Waals surface area contributed by atoms with Crippen LogP contribution >= 0.6 is 23.1 Å². The second-order valence-electron chi connectivity index (χ2n) is 8.96. The summed E-state index contributed by atoms with van der Waals surface area (Å²) < 4.78 is -0.688. The summed E-state index contributed by atoms with van der Waals surface area (Å²) >= 11 is 2.51. The van der Waals surface area contributed by atoms with Gasteiger partial charge in [-0.3, -0.25) is 9.59 Å². The lowest BCUT2D eigenvalue weighted by Gasteiger charge is -2.43. The summed E-state index contributed by atoms with van der Waals surface area (Å²) in [6.45, 7) is 3.55. The number of thiazole rings is 1. The van der Waals surface area contributed by atoms with Crippen molar-refractivity contribution >= 4 is 51.7 Å². The maximum atomic E-state index is 13.2. The van der Waals surface area contributed by atoms with Gasteiger partial charge in [0, 0.05) is 23.0 Å². The number of aromatic nitrogens is 1. The molecule has 0 spiro atoms. The second kappa shape index (κ2) is 8.27. The van der Waals surface area contributed by atoms with Crippen LogP contribution in [0.4, 0.5) is 5.13 Å². The molecule has 1 aromatic carbocycles. The van der Waals surface area contributed by atoms with Crippen LogP contribution in [-0.2, 0) is 32.1 Å². The third-order valence-electron chi connectivity index (χ3n) is 6.25. The van der Waals surface area contributed by atoms with Crippen LogP contribution in [0.5, 0.6) is 0 Å².